The monoisotopic (exact) mass is 725 g/mol. The Morgan fingerprint density at radius 3 is 2.54 bits per heavy atom. The van der Waals surface area contributed by atoms with Crippen molar-refractivity contribution in [1.29, 1.82) is 0 Å². The van der Waals surface area contributed by atoms with Crippen molar-refractivity contribution in [3.05, 3.63) is 99.5 Å². The molecule has 50 heavy (non-hydrogen) atoms. The quantitative estimate of drug-likeness (QED) is 0.210. The lowest BCUT2D eigenvalue weighted by Crippen LogP contribution is -2.62. The number of likely N-dealkylation sites (tertiary alicyclic amines) is 1. The molecular formula is C34H36FN5O8S2. The molecule has 2 aromatic heterocycles. The van der Waals surface area contributed by atoms with E-state index in [1.54, 1.807) is 77.1 Å². The van der Waals surface area contributed by atoms with Gasteiger partial charge in [-0.05, 0) is 69.0 Å². The lowest BCUT2D eigenvalue weighted by molar-refractivity contribution is -0.104. The van der Waals surface area contributed by atoms with Crippen LogP contribution >= 0.6 is 11.5 Å². The van der Waals surface area contributed by atoms with Gasteiger partial charge in [-0.1, -0.05) is 30.3 Å². The molecule has 0 radical (unpaired) electrons. The third kappa shape index (κ3) is 6.45. The number of oxazole rings is 1. The van der Waals surface area contributed by atoms with E-state index in [0.717, 1.165) is 33.5 Å². The van der Waals surface area contributed by atoms with Gasteiger partial charge in [-0.15, -0.1) is 0 Å². The number of nitrogens with zero attached hydrogens (tertiary/aromatic N) is 5. The van der Waals surface area contributed by atoms with Gasteiger partial charge in [0.15, 0.2) is 5.58 Å². The summed E-state index contributed by atoms with van der Waals surface area (Å²) < 4.78 is 66.6. The number of carbonyl (C=O) groups excluding carboxylic acids is 1. The first-order valence-electron chi connectivity index (χ1n) is 15.6. The molecule has 1 fully saturated rings. The topological polar surface area (TPSA) is 157 Å². The molecule has 0 spiro atoms. The van der Waals surface area contributed by atoms with Gasteiger partial charge in [-0.25, -0.2) is 31.7 Å². The molecule has 0 aliphatic carbocycles. The summed E-state index contributed by atoms with van der Waals surface area (Å²) in [7, 11) is -3.09. The molecule has 16 heteroatoms. The predicted octanol–water partition coefficient (Wildman–Crippen LogP) is 5.35. The number of aryl methyl sites for hydroxylation is 1. The summed E-state index contributed by atoms with van der Waals surface area (Å²) in [4.78, 5) is 30.7. The fourth-order valence-corrected chi connectivity index (χ4v) is 8.21. The number of rotatable bonds is 9. The fourth-order valence-electron chi connectivity index (χ4n) is 6.01. The van der Waals surface area contributed by atoms with E-state index in [4.69, 9.17) is 13.9 Å². The Bertz CT molecular complexity index is 2240. The van der Waals surface area contributed by atoms with Gasteiger partial charge in [0.05, 0.1) is 38.3 Å². The maximum Gasteiger partial charge on any atom is 0.420 e. The summed E-state index contributed by atoms with van der Waals surface area (Å²) in [5, 5.41) is 11.6. The highest BCUT2D eigenvalue weighted by atomic mass is 32.2. The number of ether oxygens (including phenoxy) is 2. The maximum atomic E-state index is 16.1. The van der Waals surface area contributed by atoms with Crippen LogP contribution in [0.3, 0.4) is 0 Å². The molecule has 1 N–H and O–H groups in total. The molecule has 13 nitrogen and oxygen atoms in total. The van der Waals surface area contributed by atoms with Gasteiger partial charge in [0.2, 0.25) is 5.13 Å². The third-order valence-electron chi connectivity index (χ3n) is 8.52. The second kappa shape index (κ2) is 12.8. The lowest BCUT2D eigenvalue weighted by Gasteiger charge is -2.47. The minimum Gasteiger partial charge on any atom is -0.497 e. The Balaban J connectivity index is 1.35. The first-order chi connectivity index (χ1) is 23.5. The number of aromatic nitrogens is 3. The highest BCUT2D eigenvalue weighted by Gasteiger charge is 2.48. The third-order valence-corrected chi connectivity index (χ3v) is 11.1. The normalized spacial score (nSPS) is 15.1. The molecular weight excluding hydrogens is 690 g/mol. The number of methoxy groups -OCH3 is 1. The number of β-amino-alcohol motifs (C(OH)–C–C–N with tert-alkyl or cyclic N) is 1. The van der Waals surface area contributed by atoms with E-state index in [0.29, 0.717) is 22.4 Å². The van der Waals surface area contributed by atoms with E-state index in [1.807, 2.05) is 0 Å². The number of aliphatic hydroxyl groups is 1. The van der Waals surface area contributed by atoms with Crippen LogP contribution in [0, 0.1) is 12.7 Å². The molecule has 3 heterocycles. The van der Waals surface area contributed by atoms with Crippen molar-refractivity contribution in [2.24, 2.45) is 0 Å². The van der Waals surface area contributed by atoms with Crippen molar-refractivity contribution >= 4 is 43.9 Å². The van der Waals surface area contributed by atoms with Crippen LogP contribution in [0.4, 0.5) is 14.3 Å². The number of halogens is 1. The zero-order chi connectivity index (χ0) is 36.2. The molecule has 264 valence electrons. The van der Waals surface area contributed by atoms with E-state index >= 15 is 4.39 Å². The van der Waals surface area contributed by atoms with Gasteiger partial charge in [0, 0.05) is 23.7 Å². The molecule has 0 unspecified atom stereocenters. The van der Waals surface area contributed by atoms with Crippen LogP contribution in [0.2, 0.25) is 0 Å². The molecule has 0 saturated carbocycles. The fraction of sp³-hybridized carbons (Fsp3) is 0.353. The highest BCUT2D eigenvalue weighted by Crippen LogP contribution is 2.39. The minimum absolute atomic E-state index is 0.0122. The van der Waals surface area contributed by atoms with Crippen molar-refractivity contribution in [2.75, 3.05) is 24.5 Å². The average molecular weight is 726 g/mol. The van der Waals surface area contributed by atoms with Crippen molar-refractivity contribution in [3.8, 4) is 5.75 Å². The summed E-state index contributed by atoms with van der Waals surface area (Å²) in [6.07, 6.45) is 0.645. The van der Waals surface area contributed by atoms with Gasteiger partial charge >= 0.3 is 11.8 Å². The molecule has 1 aliphatic rings. The van der Waals surface area contributed by atoms with E-state index in [2.05, 4.69) is 9.36 Å². The molecule has 1 saturated heterocycles. The zero-order valence-electron chi connectivity index (χ0n) is 28.2. The average Bonchev–Trinajstić information content (AvgIpc) is 3.68. The van der Waals surface area contributed by atoms with Crippen LogP contribution in [-0.2, 0) is 26.9 Å². The standard InChI is InChI=1S/C34H36FN5O8S2/c1-20-13-23(46-6)12-11-22(20)16-39(30-36-19-37-49-30)50(44,45)29-15-28-27(14-26(29)35)40(32(42)47-28)21(2)24-9-7-8-10-25(24)34(43)17-38(18-34)31(41)48-33(3,4)5/h7-15,19,21,43H,16-18H2,1-6H3/t21-/m1/s1. The number of carbonyl (C=O) groups is 1. The summed E-state index contributed by atoms with van der Waals surface area (Å²) >= 11 is 0.828. The van der Waals surface area contributed by atoms with Crippen molar-refractivity contribution in [1.82, 2.24) is 18.8 Å². The Kier molecular flexibility index (Phi) is 8.99. The second-order valence-electron chi connectivity index (χ2n) is 13.1. The number of benzene rings is 3. The molecule has 6 rings (SSSR count). The lowest BCUT2D eigenvalue weighted by atomic mass is 9.82. The van der Waals surface area contributed by atoms with Gasteiger partial charge in [0.25, 0.3) is 10.0 Å². The number of sulfonamides is 1. The molecule has 5 aromatic rings. The minimum atomic E-state index is -4.61. The van der Waals surface area contributed by atoms with Crippen molar-refractivity contribution in [2.45, 2.75) is 63.3 Å². The van der Waals surface area contributed by atoms with Gasteiger partial charge < -0.3 is 23.9 Å². The number of hydrogen-bond donors (Lipinski definition) is 1. The summed E-state index contributed by atoms with van der Waals surface area (Å²) in [6.45, 7) is 8.47. The molecule has 1 amide bonds. The summed E-state index contributed by atoms with van der Waals surface area (Å²) in [5.41, 5.74) is 0.0705. The van der Waals surface area contributed by atoms with Crippen LogP contribution < -0.4 is 14.8 Å². The first-order valence-corrected chi connectivity index (χ1v) is 17.8. The number of hydrogen-bond acceptors (Lipinski definition) is 11. The largest absolute Gasteiger partial charge is 0.497 e. The van der Waals surface area contributed by atoms with Crippen molar-refractivity contribution < 1.29 is 36.6 Å². The summed E-state index contributed by atoms with van der Waals surface area (Å²) in [5.74, 6) is -1.38. The molecule has 1 atom stereocenters. The number of amides is 1. The van der Waals surface area contributed by atoms with Gasteiger partial charge in [-0.3, -0.25) is 4.57 Å². The van der Waals surface area contributed by atoms with Crippen LogP contribution in [0.1, 0.15) is 56.0 Å². The Morgan fingerprint density at radius 1 is 1.18 bits per heavy atom. The number of fused-ring (bicyclic) bond motifs is 1. The molecule has 3 aromatic carbocycles. The first kappa shape index (κ1) is 35.0. The van der Waals surface area contributed by atoms with Crippen LogP contribution in [0.15, 0.2) is 75.0 Å². The second-order valence-corrected chi connectivity index (χ2v) is 15.7. The molecule has 1 aliphatic heterocycles. The molecule has 0 bridgehead atoms. The highest BCUT2D eigenvalue weighted by molar-refractivity contribution is 7.93. The van der Waals surface area contributed by atoms with Crippen LogP contribution in [-0.4, -0.2) is 64.2 Å². The SMILES string of the molecule is COc1ccc(CN(c2ncns2)S(=O)(=O)c2cc3oc(=O)n([C@H](C)c4ccccc4C4(O)CN(C(=O)OC(C)(C)C)C4)c3cc2F)c(C)c1. The van der Waals surface area contributed by atoms with E-state index in [1.165, 1.54) is 22.9 Å². The van der Waals surface area contributed by atoms with E-state index < -0.39 is 49.8 Å². The van der Waals surface area contributed by atoms with Crippen LogP contribution in [0.25, 0.3) is 11.1 Å². The van der Waals surface area contributed by atoms with Gasteiger partial charge in [0.1, 0.15) is 34.0 Å². The Morgan fingerprint density at radius 2 is 1.90 bits per heavy atom. The summed E-state index contributed by atoms with van der Waals surface area (Å²) in [6, 6.07) is 13.2. The van der Waals surface area contributed by atoms with Crippen molar-refractivity contribution in [3.63, 3.8) is 0 Å². The van der Waals surface area contributed by atoms with E-state index in [9.17, 15) is 23.1 Å². The Hall–Kier alpha value is -4.80. The van der Waals surface area contributed by atoms with Gasteiger partial charge in [-0.2, -0.15) is 4.37 Å². The number of anilines is 1. The predicted molar refractivity (Wildman–Crippen MR) is 183 cm³/mol. The van der Waals surface area contributed by atoms with Crippen LogP contribution in [0.5, 0.6) is 5.75 Å². The smallest absolute Gasteiger partial charge is 0.420 e. The maximum absolute atomic E-state index is 16.1. The zero-order valence-corrected chi connectivity index (χ0v) is 29.8. The van der Waals surface area contributed by atoms with E-state index in [-0.39, 0.29) is 35.9 Å². The Labute approximate surface area is 291 Å².